The Kier molecular flexibility index (Phi) is 3.58. The van der Waals surface area contributed by atoms with Crippen LogP contribution in [0.2, 0.25) is 0 Å². The van der Waals surface area contributed by atoms with Gasteiger partial charge in [-0.05, 0) is 32.6 Å². The molecule has 1 amide bonds. The third-order valence-electron chi connectivity index (χ3n) is 2.60. The summed E-state index contributed by atoms with van der Waals surface area (Å²) >= 11 is 3.35. The van der Waals surface area contributed by atoms with Crippen molar-refractivity contribution in [1.82, 2.24) is 4.90 Å². The second-order valence-electron chi connectivity index (χ2n) is 4.65. The molecule has 0 atom stereocenters. The van der Waals surface area contributed by atoms with Crippen LogP contribution in [0.5, 0.6) is 0 Å². The summed E-state index contributed by atoms with van der Waals surface area (Å²) in [5, 5.41) is 9.12. The number of carbonyl (C=O) groups excluding carboxylic acids is 1. The first-order valence-electron chi connectivity index (χ1n) is 4.93. The maximum Gasteiger partial charge on any atom is 0.238 e. The monoisotopic (exact) mass is 263 g/mol. The van der Waals surface area contributed by atoms with E-state index in [1.54, 1.807) is 4.90 Å². The average molecular weight is 264 g/mol. The molecule has 3 nitrogen and oxygen atoms in total. The highest BCUT2D eigenvalue weighted by Gasteiger charge is 2.32. The Morgan fingerprint density at radius 3 is 2.43 bits per heavy atom. The summed E-state index contributed by atoms with van der Waals surface area (Å²) < 4.78 is -0.482. The van der Waals surface area contributed by atoms with E-state index in [1.807, 2.05) is 20.9 Å². The molecule has 0 aromatic heterocycles. The van der Waals surface area contributed by atoms with Crippen LogP contribution >= 0.6 is 15.9 Å². The topological polar surface area (TPSA) is 40.5 Å². The van der Waals surface area contributed by atoms with Crippen LogP contribution in [-0.4, -0.2) is 39.9 Å². The molecule has 0 bridgehead atoms. The highest BCUT2D eigenvalue weighted by Crippen LogP contribution is 2.28. The molecule has 1 aliphatic carbocycles. The zero-order chi connectivity index (χ0) is 10.9. The first-order valence-corrected chi connectivity index (χ1v) is 5.72. The van der Waals surface area contributed by atoms with Crippen LogP contribution < -0.4 is 0 Å². The van der Waals surface area contributed by atoms with Gasteiger partial charge in [0.2, 0.25) is 5.91 Å². The number of amides is 1. The highest BCUT2D eigenvalue weighted by molar-refractivity contribution is 9.10. The standard InChI is InChI=1S/C10H18BrNO2/c1-10(2,11)9(14)12(3)6-7-4-8(13)5-7/h7-8,13H,4-6H2,1-3H3. The number of aliphatic hydroxyl groups is 1. The Balaban J connectivity index is 2.35. The molecule has 0 heterocycles. The second kappa shape index (κ2) is 4.19. The molecular formula is C10H18BrNO2. The first kappa shape index (κ1) is 12.0. The van der Waals surface area contributed by atoms with E-state index < -0.39 is 4.32 Å². The quantitative estimate of drug-likeness (QED) is 0.782. The molecular weight excluding hydrogens is 246 g/mol. The minimum Gasteiger partial charge on any atom is -0.393 e. The minimum absolute atomic E-state index is 0.0962. The summed E-state index contributed by atoms with van der Waals surface area (Å²) in [4.78, 5) is 13.5. The van der Waals surface area contributed by atoms with E-state index in [0.717, 1.165) is 19.4 Å². The Morgan fingerprint density at radius 2 is 2.07 bits per heavy atom. The van der Waals surface area contributed by atoms with Crippen molar-refractivity contribution in [3.05, 3.63) is 0 Å². The molecule has 1 aliphatic rings. The number of nitrogens with zero attached hydrogens (tertiary/aromatic N) is 1. The predicted molar refractivity (Wildman–Crippen MR) is 59.4 cm³/mol. The van der Waals surface area contributed by atoms with E-state index in [0.29, 0.717) is 5.92 Å². The Morgan fingerprint density at radius 1 is 1.57 bits per heavy atom. The molecule has 82 valence electrons. The largest absolute Gasteiger partial charge is 0.393 e. The maximum absolute atomic E-state index is 11.7. The lowest BCUT2D eigenvalue weighted by Gasteiger charge is -2.35. The molecule has 1 saturated carbocycles. The van der Waals surface area contributed by atoms with Gasteiger partial charge in [-0.25, -0.2) is 0 Å². The summed E-state index contributed by atoms with van der Waals surface area (Å²) in [6, 6.07) is 0. The van der Waals surface area contributed by atoms with Gasteiger partial charge in [-0.3, -0.25) is 4.79 Å². The van der Waals surface area contributed by atoms with Gasteiger partial charge in [0, 0.05) is 13.6 Å². The normalized spacial score (nSPS) is 26.9. The number of rotatable bonds is 3. The van der Waals surface area contributed by atoms with Crippen molar-refractivity contribution in [2.75, 3.05) is 13.6 Å². The molecule has 0 aromatic carbocycles. The third kappa shape index (κ3) is 2.95. The van der Waals surface area contributed by atoms with E-state index in [9.17, 15) is 4.79 Å². The molecule has 1 rings (SSSR count). The number of aliphatic hydroxyl groups excluding tert-OH is 1. The zero-order valence-corrected chi connectivity index (χ0v) is 10.5. The Hall–Kier alpha value is -0.0900. The van der Waals surface area contributed by atoms with Crippen LogP contribution in [0.1, 0.15) is 26.7 Å². The summed E-state index contributed by atoms with van der Waals surface area (Å²) in [5.74, 6) is 0.577. The lowest BCUT2D eigenvalue weighted by Crippen LogP contribution is -2.44. The van der Waals surface area contributed by atoms with Crippen molar-refractivity contribution in [2.24, 2.45) is 5.92 Å². The number of carbonyl (C=O) groups is 1. The van der Waals surface area contributed by atoms with Crippen LogP contribution in [0, 0.1) is 5.92 Å². The zero-order valence-electron chi connectivity index (χ0n) is 8.96. The van der Waals surface area contributed by atoms with Crippen molar-refractivity contribution in [2.45, 2.75) is 37.1 Å². The Bertz CT molecular complexity index is 219. The SMILES string of the molecule is CN(CC1CC(O)C1)C(=O)C(C)(C)Br. The number of alkyl halides is 1. The molecule has 4 heteroatoms. The van der Waals surface area contributed by atoms with Gasteiger partial charge in [0.15, 0.2) is 0 Å². The fraction of sp³-hybridized carbons (Fsp3) is 0.900. The van der Waals surface area contributed by atoms with Gasteiger partial charge in [0.25, 0.3) is 0 Å². The third-order valence-corrected chi connectivity index (χ3v) is 2.94. The molecule has 1 fully saturated rings. The van der Waals surface area contributed by atoms with E-state index in [-0.39, 0.29) is 12.0 Å². The fourth-order valence-corrected chi connectivity index (χ4v) is 2.08. The van der Waals surface area contributed by atoms with E-state index >= 15 is 0 Å². The summed E-state index contributed by atoms with van der Waals surface area (Å²) in [6.45, 7) is 4.45. The van der Waals surface area contributed by atoms with Gasteiger partial charge in [0.1, 0.15) is 0 Å². The van der Waals surface area contributed by atoms with Gasteiger partial charge in [-0.2, -0.15) is 0 Å². The molecule has 0 unspecified atom stereocenters. The van der Waals surface area contributed by atoms with E-state index in [4.69, 9.17) is 5.11 Å². The average Bonchev–Trinajstić information content (AvgIpc) is 1.98. The summed E-state index contributed by atoms with van der Waals surface area (Å²) in [5.41, 5.74) is 0. The number of hydrogen-bond donors (Lipinski definition) is 1. The molecule has 14 heavy (non-hydrogen) atoms. The van der Waals surface area contributed by atoms with Gasteiger partial charge in [0.05, 0.1) is 10.4 Å². The predicted octanol–water partition coefficient (Wildman–Crippen LogP) is 1.39. The Labute approximate surface area is 93.6 Å². The second-order valence-corrected chi connectivity index (χ2v) is 6.63. The number of halogens is 1. The van der Waals surface area contributed by atoms with Crippen LogP contribution in [-0.2, 0) is 4.79 Å². The van der Waals surface area contributed by atoms with Crippen molar-refractivity contribution in [3.8, 4) is 0 Å². The minimum atomic E-state index is -0.482. The summed E-state index contributed by atoms with van der Waals surface area (Å²) in [6.07, 6.45) is 1.53. The van der Waals surface area contributed by atoms with Gasteiger partial charge >= 0.3 is 0 Å². The van der Waals surface area contributed by atoms with Crippen molar-refractivity contribution >= 4 is 21.8 Å². The maximum atomic E-state index is 11.7. The highest BCUT2D eigenvalue weighted by atomic mass is 79.9. The van der Waals surface area contributed by atoms with Crippen molar-refractivity contribution in [3.63, 3.8) is 0 Å². The first-order chi connectivity index (χ1) is 6.30. The molecule has 0 aromatic rings. The molecule has 0 spiro atoms. The number of hydrogen-bond acceptors (Lipinski definition) is 2. The van der Waals surface area contributed by atoms with Gasteiger partial charge in [-0.1, -0.05) is 15.9 Å². The molecule has 0 radical (unpaired) electrons. The van der Waals surface area contributed by atoms with Crippen LogP contribution in [0.3, 0.4) is 0 Å². The van der Waals surface area contributed by atoms with E-state index in [2.05, 4.69) is 15.9 Å². The summed E-state index contributed by atoms with van der Waals surface area (Å²) in [7, 11) is 1.82. The van der Waals surface area contributed by atoms with Crippen molar-refractivity contribution < 1.29 is 9.90 Å². The smallest absolute Gasteiger partial charge is 0.238 e. The lowest BCUT2D eigenvalue weighted by molar-refractivity contribution is -0.133. The molecule has 1 N–H and O–H groups in total. The van der Waals surface area contributed by atoms with Crippen LogP contribution in [0.25, 0.3) is 0 Å². The van der Waals surface area contributed by atoms with Crippen molar-refractivity contribution in [1.29, 1.82) is 0 Å². The van der Waals surface area contributed by atoms with E-state index in [1.165, 1.54) is 0 Å². The van der Waals surface area contributed by atoms with Crippen LogP contribution in [0.4, 0.5) is 0 Å². The molecule has 0 saturated heterocycles. The fourth-order valence-electron chi connectivity index (χ4n) is 1.77. The van der Waals surface area contributed by atoms with Gasteiger partial charge < -0.3 is 10.0 Å². The van der Waals surface area contributed by atoms with Gasteiger partial charge in [-0.15, -0.1) is 0 Å². The van der Waals surface area contributed by atoms with Crippen LogP contribution in [0.15, 0.2) is 0 Å². The molecule has 0 aliphatic heterocycles. The lowest BCUT2D eigenvalue weighted by atomic mass is 9.82.